The van der Waals surface area contributed by atoms with E-state index in [9.17, 15) is 4.79 Å². The molecule has 2 aromatic carbocycles. The molecule has 2 aromatic rings. The van der Waals surface area contributed by atoms with Crippen molar-refractivity contribution < 1.29 is 9.53 Å². The first-order chi connectivity index (χ1) is 14.6. The summed E-state index contributed by atoms with van der Waals surface area (Å²) in [6, 6.07) is 14.3. The summed E-state index contributed by atoms with van der Waals surface area (Å²) in [6.07, 6.45) is 3.49. The number of ether oxygens (including phenoxy) is 1. The van der Waals surface area contributed by atoms with Crippen LogP contribution < -0.4 is 16.0 Å². The number of aryl methyl sites for hydroxylation is 1. The Bertz CT molecular complexity index is 901. The lowest BCUT2D eigenvalue weighted by Crippen LogP contribution is -2.36. The van der Waals surface area contributed by atoms with Gasteiger partial charge < -0.3 is 20.7 Å². The number of hydrogen-bond donors (Lipinski definition) is 3. The van der Waals surface area contributed by atoms with Crippen LogP contribution in [0.25, 0.3) is 0 Å². The van der Waals surface area contributed by atoms with Gasteiger partial charge in [-0.15, -0.1) is 35.7 Å². The molecule has 1 heterocycles. The third-order valence-electron chi connectivity index (χ3n) is 4.99. The maximum atomic E-state index is 12.2. The maximum Gasteiger partial charge on any atom is 0.253 e. The van der Waals surface area contributed by atoms with Gasteiger partial charge in [-0.25, -0.2) is 0 Å². The molecule has 0 aliphatic carbocycles. The highest BCUT2D eigenvalue weighted by Gasteiger charge is 2.23. The van der Waals surface area contributed by atoms with Crippen LogP contribution >= 0.6 is 35.7 Å². The molecule has 1 aliphatic rings. The Morgan fingerprint density at radius 1 is 1.19 bits per heavy atom. The van der Waals surface area contributed by atoms with Crippen molar-refractivity contribution in [1.29, 1.82) is 0 Å². The average molecular weight is 554 g/mol. The number of aliphatic imine (C=N–C) groups is 1. The predicted octanol–water partition coefficient (Wildman–Crippen LogP) is 4.32. The van der Waals surface area contributed by atoms with E-state index in [1.807, 2.05) is 24.3 Å². The van der Waals surface area contributed by atoms with Crippen molar-refractivity contribution in [3.63, 3.8) is 0 Å². The molecule has 6 nitrogen and oxygen atoms in total. The topological polar surface area (TPSA) is 74.8 Å². The normalized spacial score (nSPS) is 15.8. The summed E-state index contributed by atoms with van der Waals surface area (Å²) in [7, 11) is 1.76. The molecule has 3 N–H and O–H groups in total. The summed E-state index contributed by atoms with van der Waals surface area (Å²) in [5, 5.41) is 9.66. The number of rotatable bonds is 7. The van der Waals surface area contributed by atoms with E-state index < -0.39 is 0 Å². The number of benzene rings is 2. The molecule has 1 saturated heterocycles. The summed E-state index contributed by atoms with van der Waals surface area (Å²) < 4.78 is 5.45. The molecule has 0 spiro atoms. The van der Waals surface area contributed by atoms with Crippen molar-refractivity contribution in [1.82, 2.24) is 10.6 Å². The molecule has 0 bridgehead atoms. The minimum Gasteiger partial charge on any atom is -0.368 e. The van der Waals surface area contributed by atoms with Crippen molar-refractivity contribution in [2.45, 2.75) is 43.9 Å². The molecule has 0 saturated carbocycles. The quantitative estimate of drug-likeness (QED) is 0.206. The highest BCUT2D eigenvalue weighted by molar-refractivity contribution is 14.0. The van der Waals surface area contributed by atoms with Gasteiger partial charge in [-0.3, -0.25) is 9.79 Å². The Balaban J connectivity index is 0.00000341. The number of carbonyl (C=O) groups is 1. The van der Waals surface area contributed by atoms with Gasteiger partial charge in [0.1, 0.15) is 6.10 Å². The van der Waals surface area contributed by atoms with Crippen LogP contribution in [0.1, 0.15) is 29.5 Å². The largest absolute Gasteiger partial charge is 0.368 e. The first-order valence-electron chi connectivity index (χ1n) is 10.2. The van der Waals surface area contributed by atoms with Crippen molar-refractivity contribution >= 4 is 53.3 Å². The molecule has 31 heavy (non-hydrogen) atoms. The van der Waals surface area contributed by atoms with Gasteiger partial charge in [-0.1, -0.05) is 24.3 Å². The second-order valence-electron chi connectivity index (χ2n) is 7.29. The van der Waals surface area contributed by atoms with Gasteiger partial charge in [0.25, 0.3) is 5.91 Å². The number of guanidine groups is 1. The van der Waals surface area contributed by atoms with E-state index in [2.05, 4.69) is 52.3 Å². The summed E-state index contributed by atoms with van der Waals surface area (Å²) in [5.41, 5.74) is 4.34. The van der Waals surface area contributed by atoms with E-state index in [0.29, 0.717) is 19.7 Å². The Hall–Kier alpha value is -1.78. The highest BCUT2D eigenvalue weighted by Crippen LogP contribution is 2.21. The number of anilines is 1. The molecule has 1 aliphatic heterocycles. The number of carbonyl (C=O) groups excluding carboxylic acids is 1. The SMILES string of the molecule is CN=C(NCc1cccc(NC(=O)C2CCCO2)c1)NCc1ccc(C)cc1SC.I. The molecule has 1 atom stereocenters. The van der Waals surface area contributed by atoms with Crippen LogP contribution in [0.2, 0.25) is 0 Å². The Morgan fingerprint density at radius 2 is 2.00 bits per heavy atom. The summed E-state index contributed by atoms with van der Waals surface area (Å²) in [4.78, 5) is 17.8. The smallest absolute Gasteiger partial charge is 0.253 e. The number of hydrogen-bond acceptors (Lipinski definition) is 4. The van der Waals surface area contributed by atoms with Crippen LogP contribution in [-0.4, -0.2) is 37.9 Å². The Labute approximate surface area is 206 Å². The lowest BCUT2D eigenvalue weighted by atomic mass is 10.1. The van der Waals surface area contributed by atoms with Crippen LogP contribution in [0.3, 0.4) is 0 Å². The van der Waals surface area contributed by atoms with Crippen molar-refractivity contribution in [2.75, 3.05) is 25.2 Å². The van der Waals surface area contributed by atoms with Gasteiger partial charge in [0.05, 0.1) is 0 Å². The Kier molecular flexibility index (Phi) is 10.6. The molecule has 0 radical (unpaired) electrons. The number of nitrogens with one attached hydrogen (secondary N) is 3. The molecule has 8 heteroatoms. The molecule has 3 rings (SSSR count). The standard InChI is InChI=1S/C23H30N4O2S.HI/c1-16-9-10-18(21(12-16)30-3)15-26-23(24-2)25-14-17-6-4-7-19(13-17)27-22(28)20-8-5-11-29-20;/h4,6-7,9-10,12-13,20H,5,8,11,14-15H2,1-3H3,(H,27,28)(H2,24,25,26);1H. The molecule has 1 fully saturated rings. The predicted molar refractivity (Wildman–Crippen MR) is 139 cm³/mol. The van der Waals surface area contributed by atoms with E-state index in [1.165, 1.54) is 16.0 Å². The second kappa shape index (κ2) is 12.9. The van der Waals surface area contributed by atoms with Gasteiger partial charge in [0.2, 0.25) is 0 Å². The fraction of sp³-hybridized carbons (Fsp3) is 0.391. The lowest BCUT2D eigenvalue weighted by Gasteiger charge is -2.15. The van der Waals surface area contributed by atoms with Gasteiger partial charge in [-0.05, 0) is 60.9 Å². The van der Waals surface area contributed by atoms with Crippen LogP contribution in [0.15, 0.2) is 52.4 Å². The minimum absolute atomic E-state index is 0. The summed E-state index contributed by atoms with van der Waals surface area (Å²) >= 11 is 1.75. The molecular weight excluding hydrogens is 523 g/mol. The number of halogens is 1. The van der Waals surface area contributed by atoms with Crippen molar-refractivity contribution in [2.24, 2.45) is 4.99 Å². The fourth-order valence-electron chi connectivity index (χ4n) is 3.35. The molecule has 1 unspecified atom stereocenters. The van der Waals surface area contributed by atoms with Gasteiger partial charge in [0, 0.05) is 37.3 Å². The van der Waals surface area contributed by atoms with Crippen LogP contribution in [-0.2, 0) is 22.6 Å². The zero-order valence-corrected chi connectivity index (χ0v) is 21.4. The zero-order chi connectivity index (χ0) is 21.3. The van der Waals surface area contributed by atoms with Gasteiger partial charge in [-0.2, -0.15) is 0 Å². The monoisotopic (exact) mass is 554 g/mol. The zero-order valence-electron chi connectivity index (χ0n) is 18.2. The van der Waals surface area contributed by atoms with Crippen LogP contribution in [0.4, 0.5) is 5.69 Å². The van der Waals surface area contributed by atoms with Crippen LogP contribution in [0.5, 0.6) is 0 Å². The van der Waals surface area contributed by atoms with E-state index in [-0.39, 0.29) is 36.0 Å². The molecule has 0 aromatic heterocycles. The lowest BCUT2D eigenvalue weighted by molar-refractivity contribution is -0.124. The summed E-state index contributed by atoms with van der Waals surface area (Å²) in [5.74, 6) is 0.661. The van der Waals surface area contributed by atoms with Crippen LogP contribution in [0, 0.1) is 6.92 Å². The number of nitrogens with zero attached hydrogens (tertiary/aromatic N) is 1. The van der Waals surface area contributed by atoms with Crippen molar-refractivity contribution in [3.8, 4) is 0 Å². The third-order valence-corrected chi connectivity index (χ3v) is 5.81. The Morgan fingerprint density at radius 3 is 2.71 bits per heavy atom. The van der Waals surface area contributed by atoms with E-state index in [0.717, 1.165) is 30.1 Å². The average Bonchev–Trinajstić information content (AvgIpc) is 3.30. The first-order valence-corrected chi connectivity index (χ1v) is 11.4. The van der Waals surface area contributed by atoms with E-state index in [4.69, 9.17) is 4.74 Å². The fourth-order valence-corrected chi connectivity index (χ4v) is 4.06. The van der Waals surface area contributed by atoms with Gasteiger partial charge >= 0.3 is 0 Å². The molecular formula is C23H31IN4O2S. The number of amides is 1. The molecule has 1 amide bonds. The summed E-state index contributed by atoms with van der Waals surface area (Å²) in [6.45, 7) is 4.07. The first kappa shape index (κ1) is 25.5. The van der Waals surface area contributed by atoms with Crippen molar-refractivity contribution in [3.05, 3.63) is 59.2 Å². The minimum atomic E-state index is -0.331. The second-order valence-corrected chi connectivity index (χ2v) is 8.13. The highest BCUT2D eigenvalue weighted by atomic mass is 127. The van der Waals surface area contributed by atoms with E-state index >= 15 is 0 Å². The van der Waals surface area contributed by atoms with E-state index in [1.54, 1.807) is 18.8 Å². The maximum absolute atomic E-state index is 12.2. The molecule has 168 valence electrons. The number of thioether (sulfide) groups is 1. The third kappa shape index (κ3) is 7.69. The van der Waals surface area contributed by atoms with Gasteiger partial charge in [0.15, 0.2) is 5.96 Å².